The van der Waals surface area contributed by atoms with Crippen molar-refractivity contribution in [2.75, 3.05) is 6.16 Å². The smallest absolute Gasteiger partial charge is 0.112 e. The van der Waals surface area contributed by atoms with Crippen molar-refractivity contribution in [3.05, 3.63) is 91.0 Å². The van der Waals surface area contributed by atoms with Gasteiger partial charge in [0.05, 0.1) is 24.5 Å². The summed E-state index contributed by atoms with van der Waals surface area (Å²) in [6.07, 6.45) is 6.61. The van der Waals surface area contributed by atoms with Crippen LogP contribution in [0.1, 0.15) is 65.7 Å². The lowest BCUT2D eigenvalue weighted by Gasteiger charge is -2.63. The Bertz CT molecular complexity index is 1320. The normalized spacial score (nSPS) is 38.3. The number of fused-ring (bicyclic) bond motifs is 5. The van der Waals surface area contributed by atoms with E-state index in [9.17, 15) is 15.3 Å². The van der Waals surface area contributed by atoms with Crippen LogP contribution in [0.25, 0.3) is 0 Å². The highest BCUT2D eigenvalue weighted by Gasteiger charge is 2.66. The summed E-state index contributed by atoms with van der Waals surface area (Å²) in [5, 5.41) is 38.8. The van der Waals surface area contributed by atoms with Gasteiger partial charge in [-0.1, -0.05) is 75.4 Å². The first-order valence-electron chi connectivity index (χ1n) is 17.3. The number of benzene rings is 3. The van der Waals surface area contributed by atoms with Gasteiger partial charge in [0, 0.05) is 0 Å². The Hall–Kier alpha value is -1.30. The lowest BCUT2D eigenvalue weighted by molar-refractivity contribution is -0.206. The Kier molecular flexibility index (Phi) is 9.67. The standard InChI is InChI=1S/C40H52O3P.HI/c1-27(26-44(30-13-7-4-8-14-30,31-15-9-5-10-16-31)32-17-11-6-12-18-32)33-19-20-34-38-35(25-37(43)40(33,34)3)39(2)22-21-29(41)23-28(39)24-36(38)42;/h4-18,27-29,33-38,41-43H,19-26H2,1-3H3;1H/q+1;/p-1/t27-,28+,29-,33-,34+,35+,36-,37+,38+,39+,40-;/m1./s1. The van der Waals surface area contributed by atoms with E-state index in [0.717, 1.165) is 51.1 Å². The SMILES string of the molecule is C[C@H](C[P+](c1ccccc1)(c1ccccc1)c1ccccc1)[C@H]1CC[C@H]2[C@@H]3[C@H](O)C[C@@H]4C[C@H](O)CC[C@]4(C)[C@H]3C[C@H](O)[C@]12C.[I-]. The molecule has 0 unspecified atom stereocenters. The Morgan fingerprint density at radius 1 is 0.711 bits per heavy atom. The van der Waals surface area contributed by atoms with Crippen molar-refractivity contribution in [1.82, 2.24) is 0 Å². The monoisotopic (exact) mass is 738 g/mol. The number of aliphatic hydroxyl groups is 3. The molecule has 4 aliphatic carbocycles. The van der Waals surface area contributed by atoms with Crippen molar-refractivity contribution >= 4 is 23.2 Å². The van der Waals surface area contributed by atoms with Crippen molar-refractivity contribution in [2.24, 2.45) is 46.3 Å². The van der Waals surface area contributed by atoms with E-state index in [4.69, 9.17) is 0 Å². The topological polar surface area (TPSA) is 60.7 Å². The van der Waals surface area contributed by atoms with Gasteiger partial charge in [0.15, 0.2) is 0 Å². The molecule has 0 amide bonds. The third-order valence-corrected chi connectivity index (χ3v) is 18.3. The number of hydrogen-bond donors (Lipinski definition) is 3. The van der Waals surface area contributed by atoms with E-state index in [1.165, 1.54) is 15.9 Å². The minimum Gasteiger partial charge on any atom is -1.00 e. The summed E-state index contributed by atoms with van der Waals surface area (Å²) in [6, 6.07) is 33.6. The molecule has 0 aromatic heterocycles. The van der Waals surface area contributed by atoms with E-state index in [-0.39, 0.29) is 59.0 Å². The molecule has 0 saturated heterocycles. The molecule has 3 nitrogen and oxygen atoms in total. The minimum absolute atomic E-state index is 0. The number of hydrogen-bond acceptors (Lipinski definition) is 3. The second kappa shape index (κ2) is 13.0. The molecular formula is C40H52IO3P. The van der Waals surface area contributed by atoms with Crippen molar-refractivity contribution in [2.45, 2.75) is 84.0 Å². The molecule has 3 aromatic carbocycles. The maximum Gasteiger partial charge on any atom is 0.112 e. The van der Waals surface area contributed by atoms with Crippen molar-refractivity contribution < 1.29 is 39.3 Å². The van der Waals surface area contributed by atoms with E-state index in [1.807, 2.05) is 0 Å². The molecule has 3 aromatic rings. The van der Waals surface area contributed by atoms with Gasteiger partial charge in [-0.3, -0.25) is 0 Å². The predicted molar refractivity (Wildman–Crippen MR) is 183 cm³/mol. The van der Waals surface area contributed by atoms with Gasteiger partial charge >= 0.3 is 0 Å². The fourth-order valence-corrected chi connectivity index (χ4v) is 16.2. The molecule has 4 aliphatic rings. The van der Waals surface area contributed by atoms with Gasteiger partial charge < -0.3 is 39.3 Å². The van der Waals surface area contributed by atoms with Crippen LogP contribution in [0.4, 0.5) is 0 Å². The van der Waals surface area contributed by atoms with E-state index >= 15 is 0 Å². The highest BCUT2D eigenvalue weighted by atomic mass is 127. The van der Waals surface area contributed by atoms with Crippen molar-refractivity contribution in [3.8, 4) is 0 Å². The van der Waals surface area contributed by atoms with E-state index in [1.54, 1.807) is 0 Å². The zero-order valence-corrected chi connectivity index (χ0v) is 30.2. The first-order valence-corrected chi connectivity index (χ1v) is 19.3. The minimum atomic E-state index is -1.99. The van der Waals surface area contributed by atoms with Gasteiger partial charge in [0.25, 0.3) is 0 Å². The van der Waals surface area contributed by atoms with Gasteiger partial charge in [0.1, 0.15) is 23.2 Å². The summed E-state index contributed by atoms with van der Waals surface area (Å²) in [5.74, 6) is 2.05. The summed E-state index contributed by atoms with van der Waals surface area (Å²) in [7, 11) is -1.99. The lowest BCUT2D eigenvalue weighted by atomic mass is 9.43. The van der Waals surface area contributed by atoms with Gasteiger partial charge in [-0.05, 0) is 128 Å². The van der Waals surface area contributed by atoms with Gasteiger partial charge in [0.2, 0.25) is 0 Å². The highest BCUT2D eigenvalue weighted by Crippen LogP contribution is 2.69. The molecule has 7 rings (SSSR count). The Labute approximate surface area is 288 Å². The molecule has 0 spiro atoms. The second-order valence-corrected chi connectivity index (χ2v) is 19.0. The lowest BCUT2D eigenvalue weighted by Crippen LogP contribution is -3.00. The van der Waals surface area contributed by atoms with E-state index < -0.39 is 7.26 Å². The van der Waals surface area contributed by atoms with Crippen LogP contribution >= 0.6 is 7.26 Å². The highest BCUT2D eigenvalue weighted by molar-refractivity contribution is 7.95. The fraction of sp³-hybridized carbons (Fsp3) is 0.550. The van der Waals surface area contributed by atoms with Crippen molar-refractivity contribution in [3.63, 3.8) is 0 Å². The molecule has 5 heteroatoms. The molecule has 45 heavy (non-hydrogen) atoms. The Morgan fingerprint density at radius 2 is 1.24 bits per heavy atom. The third-order valence-electron chi connectivity index (χ3n) is 13.7. The van der Waals surface area contributed by atoms with Crippen LogP contribution in [0.15, 0.2) is 91.0 Å². The maximum absolute atomic E-state index is 12.3. The summed E-state index contributed by atoms with van der Waals surface area (Å²) in [4.78, 5) is 0. The Morgan fingerprint density at radius 3 is 1.78 bits per heavy atom. The molecule has 4 saturated carbocycles. The zero-order chi connectivity index (χ0) is 30.7. The predicted octanol–water partition coefficient (Wildman–Crippen LogP) is 3.58. The van der Waals surface area contributed by atoms with E-state index in [0.29, 0.717) is 29.6 Å². The van der Waals surface area contributed by atoms with Gasteiger partial charge in [-0.25, -0.2) is 0 Å². The van der Waals surface area contributed by atoms with Gasteiger partial charge in [-0.2, -0.15) is 0 Å². The fourth-order valence-electron chi connectivity index (χ4n) is 11.5. The Balaban J connectivity index is 0.00000357. The molecule has 0 radical (unpaired) electrons. The first kappa shape index (κ1) is 33.6. The molecule has 0 heterocycles. The average molecular weight is 739 g/mol. The molecule has 3 N–H and O–H groups in total. The zero-order valence-electron chi connectivity index (χ0n) is 27.2. The van der Waals surface area contributed by atoms with Crippen LogP contribution in [0.3, 0.4) is 0 Å². The number of rotatable bonds is 6. The second-order valence-electron chi connectivity index (χ2n) is 15.5. The maximum atomic E-state index is 12.3. The van der Waals surface area contributed by atoms with E-state index in [2.05, 4.69) is 112 Å². The molecule has 0 bridgehead atoms. The van der Waals surface area contributed by atoms with Crippen LogP contribution in [-0.4, -0.2) is 39.8 Å². The largest absolute Gasteiger partial charge is 1.00 e. The molecule has 11 atom stereocenters. The third kappa shape index (κ3) is 5.38. The van der Waals surface area contributed by atoms with Crippen LogP contribution in [0.2, 0.25) is 0 Å². The summed E-state index contributed by atoms with van der Waals surface area (Å²) < 4.78 is 0. The summed E-state index contributed by atoms with van der Waals surface area (Å²) in [6.45, 7) is 7.29. The quantitative estimate of drug-likeness (QED) is 0.268. The van der Waals surface area contributed by atoms with Gasteiger partial charge in [-0.15, -0.1) is 0 Å². The summed E-state index contributed by atoms with van der Waals surface area (Å²) in [5.41, 5.74) is -0.109. The average Bonchev–Trinajstić information content (AvgIpc) is 3.41. The van der Waals surface area contributed by atoms with Crippen LogP contribution in [0, 0.1) is 46.3 Å². The van der Waals surface area contributed by atoms with Crippen LogP contribution in [-0.2, 0) is 0 Å². The van der Waals surface area contributed by atoms with Crippen LogP contribution < -0.4 is 39.9 Å². The molecule has 0 aliphatic heterocycles. The summed E-state index contributed by atoms with van der Waals surface area (Å²) >= 11 is 0. The molecular weight excluding hydrogens is 686 g/mol. The molecule has 4 fully saturated rings. The molecule has 242 valence electrons. The number of halogens is 1. The number of aliphatic hydroxyl groups excluding tert-OH is 3. The first-order chi connectivity index (χ1) is 21.2. The van der Waals surface area contributed by atoms with Crippen LogP contribution in [0.5, 0.6) is 0 Å². The van der Waals surface area contributed by atoms with Crippen molar-refractivity contribution in [1.29, 1.82) is 0 Å².